The maximum Gasteiger partial charge on any atom is 0.433 e. The predicted molar refractivity (Wildman–Crippen MR) is 100 cm³/mol. The number of carbonyl (C=O) groups is 1. The first kappa shape index (κ1) is 19.4. The lowest BCUT2D eigenvalue weighted by atomic mass is 10.1. The molecule has 0 bridgehead atoms. The number of aryl methyl sites for hydroxylation is 2. The van der Waals surface area contributed by atoms with Crippen molar-refractivity contribution in [2.24, 2.45) is 0 Å². The van der Waals surface area contributed by atoms with E-state index in [1.807, 2.05) is 0 Å². The van der Waals surface area contributed by atoms with Gasteiger partial charge in [-0.2, -0.15) is 17.7 Å². The average Bonchev–Trinajstić information content (AvgIpc) is 3.26. The van der Waals surface area contributed by atoms with Crippen LogP contribution in [0.5, 0.6) is 0 Å². The lowest BCUT2D eigenvalue weighted by Crippen LogP contribution is -2.29. The van der Waals surface area contributed by atoms with E-state index >= 15 is 0 Å². The highest BCUT2D eigenvalue weighted by Crippen LogP contribution is 2.38. The molecule has 1 aromatic carbocycles. The standard InChI is InChI=1S/C19H14F3N5O3/c1-9-8-23-18(30-9)25-16(28)12-10(2)24-15-13(11-6-4-3-5-7-11)14(19(20,21)22)26-27(15)17(12)29/h3-8,26H,1-2H3,(H,23,25,28). The molecule has 0 atom stereocenters. The lowest BCUT2D eigenvalue weighted by Gasteiger charge is -2.07. The first-order valence-electron chi connectivity index (χ1n) is 8.68. The summed E-state index contributed by atoms with van der Waals surface area (Å²) in [6, 6.07) is 7.61. The molecule has 3 aromatic heterocycles. The molecule has 11 heteroatoms. The highest BCUT2D eigenvalue weighted by Gasteiger charge is 2.38. The molecule has 0 fully saturated rings. The van der Waals surface area contributed by atoms with Crippen LogP contribution in [0.15, 0.2) is 45.7 Å². The minimum atomic E-state index is -4.78. The molecule has 0 radical (unpaired) electrons. The Kier molecular flexibility index (Phi) is 4.45. The molecule has 0 aliphatic rings. The summed E-state index contributed by atoms with van der Waals surface area (Å²) < 4.78 is 46.8. The molecule has 2 N–H and O–H groups in total. The molecule has 4 aromatic rings. The van der Waals surface area contributed by atoms with Crippen LogP contribution < -0.4 is 10.9 Å². The topological polar surface area (TPSA) is 105 Å². The molecule has 154 valence electrons. The fraction of sp³-hybridized carbons (Fsp3) is 0.158. The fourth-order valence-electron chi connectivity index (χ4n) is 3.10. The molecule has 0 unspecified atom stereocenters. The zero-order valence-corrected chi connectivity index (χ0v) is 15.7. The number of amides is 1. The van der Waals surface area contributed by atoms with E-state index in [9.17, 15) is 22.8 Å². The van der Waals surface area contributed by atoms with Gasteiger partial charge in [0.15, 0.2) is 5.65 Å². The van der Waals surface area contributed by atoms with Crippen LogP contribution >= 0.6 is 0 Å². The number of benzene rings is 1. The van der Waals surface area contributed by atoms with Crippen molar-refractivity contribution < 1.29 is 22.4 Å². The predicted octanol–water partition coefficient (Wildman–Crippen LogP) is 3.57. The van der Waals surface area contributed by atoms with Gasteiger partial charge >= 0.3 is 12.2 Å². The van der Waals surface area contributed by atoms with Gasteiger partial charge in [0, 0.05) is 0 Å². The smallest absolute Gasteiger partial charge is 0.429 e. The Morgan fingerprint density at radius 2 is 1.90 bits per heavy atom. The Balaban J connectivity index is 1.93. The van der Waals surface area contributed by atoms with Crippen LogP contribution in [0, 0.1) is 13.8 Å². The van der Waals surface area contributed by atoms with E-state index in [0.717, 1.165) is 0 Å². The van der Waals surface area contributed by atoms with Gasteiger partial charge in [-0.15, -0.1) is 0 Å². The minimum Gasteiger partial charge on any atom is -0.429 e. The molecule has 1 amide bonds. The number of oxazole rings is 1. The van der Waals surface area contributed by atoms with E-state index in [1.165, 1.54) is 25.3 Å². The third-order valence-corrected chi connectivity index (χ3v) is 4.38. The number of H-pyrrole nitrogens is 1. The zero-order chi connectivity index (χ0) is 21.6. The Labute approximate surface area is 166 Å². The first-order valence-corrected chi connectivity index (χ1v) is 8.68. The van der Waals surface area contributed by atoms with Gasteiger partial charge in [0.1, 0.15) is 17.0 Å². The number of fused-ring (bicyclic) bond motifs is 1. The van der Waals surface area contributed by atoms with Crippen LogP contribution in [0.1, 0.15) is 27.5 Å². The number of carbonyl (C=O) groups excluding carboxylic acids is 1. The number of nitrogens with zero attached hydrogens (tertiary/aromatic N) is 3. The number of aromatic nitrogens is 4. The minimum absolute atomic E-state index is 0.0364. The molecule has 4 rings (SSSR count). The number of hydrogen-bond donors (Lipinski definition) is 2. The second-order valence-electron chi connectivity index (χ2n) is 6.49. The van der Waals surface area contributed by atoms with Crippen LogP contribution in [0.25, 0.3) is 16.8 Å². The van der Waals surface area contributed by atoms with Crippen molar-refractivity contribution in [3.8, 4) is 11.1 Å². The number of nitrogens with one attached hydrogen (secondary N) is 2. The van der Waals surface area contributed by atoms with Crippen molar-refractivity contribution in [1.82, 2.24) is 19.6 Å². The Bertz CT molecular complexity index is 1320. The second kappa shape index (κ2) is 6.87. The highest BCUT2D eigenvalue weighted by molar-refractivity contribution is 6.04. The summed E-state index contributed by atoms with van der Waals surface area (Å²) in [4.78, 5) is 33.4. The van der Waals surface area contributed by atoms with E-state index in [2.05, 4.69) is 20.4 Å². The quantitative estimate of drug-likeness (QED) is 0.530. The number of anilines is 1. The normalized spacial score (nSPS) is 11.8. The van der Waals surface area contributed by atoms with Gasteiger partial charge < -0.3 is 4.42 Å². The van der Waals surface area contributed by atoms with Gasteiger partial charge in [-0.1, -0.05) is 30.3 Å². The number of hydrogen-bond acceptors (Lipinski definition) is 5. The van der Waals surface area contributed by atoms with Crippen LogP contribution in [0.4, 0.5) is 19.2 Å². The van der Waals surface area contributed by atoms with Crippen molar-refractivity contribution in [1.29, 1.82) is 0 Å². The summed E-state index contributed by atoms with van der Waals surface area (Å²) in [6.07, 6.45) is -3.42. The van der Waals surface area contributed by atoms with E-state index in [0.29, 0.717) is 10.3 Å². The molecule has 0 saturated carbocycles. The molecule has 0 saturated heterocycles. The van der Waals surface area contributed by atoms with Gasteiger partial charge in [-0.3, -0.25) is 20.0 Å². The number of aromatic amines is 1. The summed E-state index contributed by atoms with van der Waals surface area (Å²) in [5, 5.41) is 4.36. The van der Waals surface area contributed by atoms with Crippen molar-refractivity contribution in [3.63, 3.8) is 0 Å². The van der Waals surface area contributed by atoms with Gasteiger partial charge in [-0.25, -0.2) is 9.97 Å². The SMILES string of the molecule is Cc1cnc(NC(=O)c2c(C)nc3c(-c4ccccc4)c(C(F)(F)F)[nH]n3c2=O)o1. The molecule has 30 heavy (non-hydrogen) atoms. The average molecular weight is 417 g/mol. The maximum atomic E-state index is 13.7. The summed E-state index contributed by atoms with van der Waals surface area (Å²) in [7, 11) is 0. The van der Waals surface area contributed by atoms with Gasteiger partial charge in [0.05, 0.1) is 17.5 Å². The summed E-state index contributed by atoms with van der Waals surface area (Å²) in [5.41, 5.74) is -2.88. The Hall–Kier alpha value is -3.89. The molecule has 3 heterocycles. The summed E-state index contributed by atoms with van der Waals surface area (Å²) in [6.45, 7) is 2.98. The van der Waals surface area contributed by atoms with E-state index in [-0.39, 0.29) is 28.5 Å². The van der Waals surface area contributed by atoms with Gasteiger partial charge in [0.25, 0.3) is 11.5 Å². The lowest BCUT2D eigenvalue weighted by molar-refractivity contribution is -0.140. The maximum absolute atomic E-state index is 13.7. The molecular weight excluding hydrogens is 403 g/mol. The van der Waals surface area contributed by atoms with Gasteiger partial charge in [0.2, 0.25) is 0 Å². The largest absolute Gasteiger partial charge is 0.433 e. The molecule has 0 spiro atoms. The molecule has 0 aliphatic carbocycles. The Morgan fingerprint density at radius 1 is 1.20 bits per heavy atom. The summed E-state index contributed by atoms with van der Waals surface area (Å²) in [5.74, 6) is -0.468. The zero-order valence-electron chi connectivity index (χ0n) is 15.7. The van der Waals surface area contributed by atoms with Crippen LogP contribution in [-0.4, -0.2) is 25.5 Å². The van der Waals surface area contributed by atoms with Gasteiger partial charge in [-0.05, 0) is 19.4 Å². The first-order chi connectivity index (χ1) is 14.2. The van der Waals surface area contributed by atoms with E-state index in [4.69, 9.17) is 4.42 Å². The summed E-state index contributed by atoms with van der Waals surface area (Å²) >= 11 is 0. The number of rotatable bonds is 3. The van der Waals surface area contributed by atoms with Crippen LogP contribution in [-0.2, 0) is 6.18 Å². The third-order valence-electron chi connectivity index (χ3n) is 4.38. The Morgan fingerprint density at radius 3 is 2.50 bits per heavy atom. The van der Waals surface area contributed by atoms with E-state index in [1.54, 1.807) is 25.1 Å². The monoisotopic (exact) mass is 417 g/mol. The third kappa shape index (κ3) is 3.23. The number of alkyl halides is 3. The molecular formula is C19H14F3N5O3. The highest BCUT2D eigenvalue weighted by atomic mass is 19.4. The fourth-order valence-corrected chi connectivity index (χ4v) is 3.10. The van der Waals surface area contributed by atoms with Crippen molar-refractivity contribution >= 4 is 17.6 Å². The van der Waals surface area contributed by atoms with Crippen molar-refractivity contribution in [2.75, 3.05) is 5.32 Å². The molecule has 0 aliphatic heterocycles. The number of halogens is 3. The van der Waals surface area contributed by atoms with Crippen molar-refractivity contribution in [2.45, 2.75) is 20.0 Å². The van der Waals surface area contributed by atoms with Crippen LogP contribution in [0.3, 0.4) is 0 Å². The second-order valence-corrected chi connectivity index (χ2v) is 6.49. The van der Waals surface area contributed by atoms with E-state index < -0.39 is 28.9 Å². The molecule has 8 nitrogen and oxygen atoms in total. The van der Waals surface area contributed by atoms with Crippen molar-refractivity contribution in [3.05, 3.63) is 69.6 Å². The van der Waals surface area contributed by atoms with Crippen LogP contribution in [0.2, 0.25) is 0 Å².